The molecule has 0 spiro atoms. The molecule has 0 bridgehead atoms. The first-order valence-corrected chi connectivity index (χ1v) is 7.73. The molecule has 7 nitrogen and oxygen atoms in total. The van der Waals surface area contributed by atoms with E-state index in [1.165, 1.54) is 29.0 Å². The molecule has 0 radical (unpaired) electrons. The lowest BCUT2D eigenvalue weighted by atomic mass is 10.0. The summed E-state index contributed by atoms with van der Waals surface area (Å²) in [5.41, 5.74) is 6.02. The average Bonchev–Trinajstić information content (AvgIpc) is 2.96. The topological polar surface area (TPSA) is 99.6 Å². The second-order valence-electron chi connectivity index (χ2n) is 4.78. The van der Waals surface area contributed by atoms with Crippen LogP contribution >= 0.6 is 11.3 Å². The molecular formula is C15H14N4O3S. The molecule has 2 aromatic heterocycles. The summed E-state index contributed by atoms with van der Waals surface area (Å²) in [6.45, 7) is 1.96. The molecule has 0 fully saturated rings. The van der Waals surface area contributed by atoms with Crippen molar-refractivity contribution in [1.29, 1.82) is 0 Å². The van der Waals surface area contributed by atoms with Crippen LogP contribution in [0.25, 0.3) is 11.0 Å². The van der Waals surface area contributed by atoms with Gasteiger partial charge in [0, 0.05) is 5.57 Å². The third kappa shape index (κ3) is 2.57. The molecule has 23 heavy (non-hydrogen) atoms. The highest BCUT2D eigenvalue weighted by Crippen LogP contribution is 2.21. The molecule has 118 valence electrons. The molecule has 0 unspecified atom stereocenters. The van der Waals surface area contributed by atoms with Gasteiger partial charge in [-0.05, 0) is 18.6 Å². The van der Waals surface area contributed by atoms with Crippen molar-refractivity contribution in [1.82, 2.24) is 14.6 Å². The number of nitrogen functional groups attached to an aromatic ring is 1. The maximum absolute atomic E-state index is 12.2. The first kappa shape index (κ1) is 15.2. The van der Waals surface area contributed by atoms with Crippen LogP contribution in [0.2, 0.25) is 0 Å². The molecule has 2 aromatic rings. The first-order chi connectivity index (χ1) is 11.0. The van der Waals surface area contributed by atoms with E-state index in [1.807, 2.05) is 6.92 Å². The first-order valence-electron chi connectivity index (χ1n) is 6.92. The van der Waals surface area contributed by atoms with E-state index in [-0.39, 0.29) is 22.9 Å². The third-order valence-electron chi connectivity index (χ3n) is 3.37. The highest BCUT2D eigenvalue weighted by molar-refractivity contribution is 7.16. The number of nitrogens with two attached hydrogens (primary N) is 1. The summed E-state index contributed by atoms with van der Waals surface area (Å²) in [5, 5.41) is 5.14. The predicted molar refractivity (Wildman–Crippen MR) is 88.1 cm³/mol. The van der Waals surface area contributed by atoms with E-state index >= 15 is 0 Å². The molecule has 0 aromatic carbocycles. The number of allylic oxidation sites excluding steroid dienone is 4. The van der Waals surface area contributed by atoms with Gasteiger partial charge in [0.15, 0.2) is 5.76 Å². The lowest BCUT2D eigenvalue weighted by Gasteiger charge is -2.09. The van der Waals surface area contributed by atoms with Gasteiger partial charge in [-0.1, -0.05) is 30.4 Å². The standard InChI is InChI=1S/C15H14N4O3S/c1-3-11-18-19-13(16)9(14(21)17-15(19)23-11)7-8-5-4-6-10(22-2)12(8)20/h4-7H,3,16H2,1-2H3/b8-7+. The van der Waals surface area contributed by atoms with E-state index in [4.69, 9.17) is 10.5 Å². The Morgan fingerprint density at radius 3 is 2.91 bits per heavy atom. The number of hydrogen-bond donors (Lipinski definition) is 1. The second kappa shape index (κ2) is 5.81. The number of aromatic nitrogens is 3. The lowest BCUT2D eigenvalue weighted by molar-refractivity contribution is -0.114. The van der Waals surface area contributed by atoms with E-state index in [0.717, 1.165) is 11.4 Å². The van der Waals surface area contributed by atoms with Gasteiger partial charge in [-0.3, -0.25) is 9.59 Å². The fraction of sp³-hybridized carbons (Fsp3) is 0.200. The van der Waals surface area contributed by atoms with Gasteiger partial charge in [-0.25, -0.2) is 0 Å². The van der Waals surface area contributed by atoms with Gasteiger partial charge in [0.05, 0.1) is 12.7 Å². The third-order valence-corrected chi connectivity index (χ3v) is 4.42. The van der Waals surface area contributed by atoms with Gasteiger partial charge >= 0.3 is 0 Å². The van der Waals surface area contributed by atoms with Gasteiger partial charge in [-0.2, -0.15) is 14.6 Å². The monoisotopic (exact) mass is 330 g/mol. The smallest absolute Gasteiger partial charge is 0.283 e. The quantitative estimate of drug-likeness (QED) is 0.853. The van der Waals surface area contributed by atoms with Crippen molar-refractivity contribution < 1.29 is 9.53 Å². The van der Waals surface area contributed by atoms with Crippen molar-refractivity contribution in [2.24, 2.45) is 0 Å². The fourth-order valence-electron chi connectivity index (χ4n) is 2.16. The minimum absolute atomic E-state index is 0.140. The van der Waals surface area contributed by atoms with E-state index in [2.05, 4.69) is 10.1 Å². The number of carbonyl (C=O) groups is 1. The molecule has 2 N–H and O–H groups in total. The highest BCUT2D eigenvalue weighted by Gasteiger charge is 2.19. The highest BCUT2D eigenvalue weighted by atomic mass is 32.1. The zero-order chi connectivity index (χ0) is 16.6. The second-order valence-corrected chi connectivity index (χ2v) is 5.82. The number of rotatable bonds is 3. The number of anilines is 1. The number of ketones is 1. The molecule has 0 amide bonds. The molecule has 0 atom stereocenters. The Hall–Kier alpha value is -2.74. The van der Waals surface area contributed by atoms with Crippen molar-refractivity contribution in [3.8, 4) is 0 Å². The Morgan fingerprint density at radius 1 is 1.43 bits per heavy atom. The molecule has 0 aliphatic heterocycles. The van der Waals surface area contributed by atoms with Gasteiger partial charge in [0.2, 0.25) is 10.7 Å². The van der Waals surface area contributed by atoms with E-state index in [1.54, 1.807) is 18.2 Å². The normalized spacial score (nSPS) is 16.2. The van der Waals surface area contributed by atoms with Gasteiger partial charge < -0.3 is 10.5 Å². The summed E-state index contributed by atoms with van der Waals surface area (Å²) in [4.78, 5) is 28.9. The summed E-state index contributed by atoms with van der Waals surface area (Å²) >= 11 is 1.31. The number of Topliss-reactive ketones (excluding diaryl/α,β-unsaturated/α-hetero) is 1. The Morgan fingerprint density at radius 2 is 2.22 bits per heavy atom. The van der Waals surface area contributed by atoms with Crippen molar-refractivity contribution in [3.05, 3.63) is 50.5 Å². The molecule has 0 saturated carbocycles. The van der Waals surface area contributed by atoms with Crippen LogP contribution in [0.1, 0.15) is 17.5 Å². The van der Waals surface area contributed by atoms with Crippen molar-refractivity contribution in [2.75, 3.05) is 12.8 Å². The molecule has 0 saturated heterocycles. The maximum atomic E-state index is 12.2. The Kier molecular flexibility index (Phi) is 3.83. The minimum atomic E-state index is -0.490. The zero-order valence-corrected chi connectivity index (χ0v) is 13.4. The van der Waals surface area contributed by atoms with Crippen LogP contribution in [0, 0.1) is 0 Å². The van der Waals surface area contributed by atoms with Crippen LogP contribution in [-0.2, 0) is 16.0 Å². The predicted octanol–water partition coefficient (Wildman–Crippen LogP) is 1.35. The lowest BCUT2D eigenvalue weighted by Crippen LogP contribution is -2.18. The van der Waals surface area contributed by atoms with Crippen LogP contribution in [0.15, 0.2) is 34.4 Å². The largest absolute Gasteiger partial charge is 0.493 e. The Bertz CT molecular complexity index is 950. The van der Waals surface area contributed by atoms with E-state index in [0.29, 0.717) is 10.5 Å². The van der Waals surface area contributed by atoms with Crippen molar-refractivity contribution >= 4 is 34.0 Å². The van der Waals surface area contributed by atoms with Crippen LogP contribution in [0.4, 0.5) is 5.82 Å². The number of methoxy groups -OCH3 is 1. The summed E-state index contributed by atoms with van der Waals surface area (Å²) < 4.78 is 6.43. The minimum Gasteiger partial charge on any atom is -0.493 e. The number of nitrogens with zero attached hydrogens (tertiary/aromatic N) is 3. The number of fused-ring (bicyclic) bond motifs is 1. The van der Waals surface area contributed by atoms with Gasteiger partial charge in [-0.15, -0.1) is 0 Å². The molecular weight excluding hydrogens is 316 g/mol. The molecule has 1 aliphatic rings. The summed E-state index contributed by atoms with van der Waals surface area (Å²) in [6.07, 6.45) is 6.97. The zero-order valence-electron chi connectivity index (χ0n) is 12.6. The molecule has 8 heteroatoms. The van der Waals surface area contributed by atoms with E-state index in [9.17, 15) is 9.59 Å². The molecule has 3 rings (SSSR count). The summed E-state index contributed by atoms with van der Waals surface area (Å²) in [6, 6.07) is 0. The average molecular weight is 330 g/mol. The number of ether oxygens (including phenoxy) is 1. The SMILES string of the molecule is CCc1nn2c(N)c(/C=C3\C=CC=C(OC)C3=O)c(=O)nc2s1. The van der Waals surface area contributed by atoms with Crippen molar-refractivity contribution in [3.63, 3.8) is 0 Å². The molecule has 1 aliphatic carbocycles. The number of carbonyl (C=O) groups excluding carboxylic acids is 1. The van der Waals surface area contributed by atoms with Crippen LogP contribution < -0.4 is 11.3 Å². The fourth-order valence-corrected chi connectivity index (χ4v) is 2.99. The molecule has 2 heterocycles. The Balaban J connectivity index is 2.15. The van der Waals surface area contributed by atoms with Crippen LogP contribution in [-0.4, -0.2) is 27.5 Å². The van der Waals surface area contributed by atoms with Gasteiger partial charge in [0.25, 0.3) is 5.56 Å². The maximum Gasteiger partial charge on any atom is 0.283 e. The van der Waals surface area contributed by atoms with Crippen LogP contribution in [0.3, 0.4) is 0 Å². The summed E-state index contributed by atoms with van der Waals surface area (Å²) in [5.74, 6) is 0.0537. The van der Waals surface area contributed by atoms with Crippen molar-refractivity contribution in [2.45, 2.75) is 13.3 Å². The Labute approximate surface area is 135 Å². The summed E-state index contributed by atoms with van der Waals surface area (Å²) in [7, 11) is 1.42. The number of aryl methyl sites for hydroxylation is 1. The number of hydrogen-bond acceptors (Lipinski definition) is 7. The van der Waals surface area contributed by atoms with E-state index < -0.39 is 5.56 Å². The van der Waals surface area contributed by atoms with Gasteiger partial charge in [0.1, 0.15) is 10.8 Å². The van der Waals surface area contributed by atoms with Crippen LogP contribution in [0.5, 0.6) is 0 Å².